The van der Waals surface area contributed by atoms with Crippen LogP contribution >= 0.6 is 11.6 Å². The van der Waals surface area contributed by atoms with Gasteiger partial charge in [-0.05, 0) is 29.3 Å². The monoisotopic (exact) mass is 300 g/mol. The minimum absolute atomic E-state index is 0.489. The van der Waals surface area contributed by atoms with Crippen LogP contribution in [0.15, 0.2) is 42.7 Å². The fourth-order valence-corrected chi connectivity index (χ4v) is 2.24. The van der Waals surface area contributed by atoms with Crippen LogP contribution in [0.4, 0.5) is 5.69 Å². The second-order valence-corrected chi connectivity index (χ2v) is 5.24. The molecule has 1 aromatic heterocycles. The van der Waals surface area contributed by atoms with Gasteiger partial charge in [-0.2, -0.15) is 5.26 Å². The van der Waals surface area contributed by atoms with Crippen molar-refractivity contribution >= 4 is 17.3 Å². The molecule has 1 heterocycles. The zero-order valence-corrected chi connectivity index (χ0v) is 12.4. The molecular weight excluding hydrogens is 284 g/mol. The van der Waals surface area contributed by atoms with Crippen molar-refractivity contribution in [2.24, 2.45) is 0 Å². The van der Waals surface area contributed by atoms with Crippen LogP contribution in [0.3, 0.4) is 0 Å². The third-order valence-corrected chi connectivity index (χ3v) is 3.48. The summed E-state index contributed by atoms with van der Waals surface area (Å²) >= 11 is 5.94. The Kier molecular flexibility index (Phi) is 5.56. The van der Waals surface area contributed by atoms with Crippen molar-refractivity contribution in [2.45, 2.75) is 19.5 Å². The molecule has 0 aliphatic carbocycles. The van der Waals surface area contributed by atoms with Crippen LogP contribution in [0, 0.1) is 11.3 Å². The number of hydrogen-bond acceptors (Lipinski definition) is 4. The molecular formula is C16H17ClN4. The smallest absolute Gasteiger partial charge is 0.0635 e. The van der Waals surface area contributed by atoms with Crippen LogP contribution in [-0.2, 0) is 13.1 Å². The van der Waals surface area contributed by atoms with E-state index in [1.54, 1.807) is 12.3 Å². The summed E-state index contributed by atoms with van der Waals surface area (Å²) in [6.45, 7) is 2.17. The fraction of sp³-hybridized carbons (Fsp3) is 0.250. The standard InChI is InChI=1S/C16H17ClN4/c17-15-5-4-13(9-16(15)19)11-21(8-2-6-18)12-14-3-1-7-20-10-14/h1,3-5,7,9-10H,2,8,11-12,19H2. The molecule has 0 unspecified atom stereocenters. The van der Waals surface area contributed by atoms with Gasteiger partial charge in [-0.15, -0.1) is 0 Å². The highest BCUT2D eigenvalue weighted by molar-refractivity contribution is 6.33. The van der Waals surface area contributed by atoms with Crippen molar-refractivity contribution in [1.29, 1.82) is 5.26 Å². The maximum absolute atomic E-state index is 8.80. The minimum Gasteiger partial charge on any atom is -0.398 e. The van der Waals surface area contributed by atoms with Gasteiger partial charge in [0.15, 0.2) is 0 Å². The molecule has 0 fully saturated rings. The van der Waals surface area contributed by atoms with Gasteiger partial charge < -0.3 is 5.73 Å². The first kappa shape index (κ1) is 15.3. The van der Waals surface area contributed by atoms with Gasteiger partial charge >= 0.3 is 0 Å². The lowest BCUT2D eigenvalue weighted by atomic mass is 10.1. The summed E-state index contributed by atoms with van der Waals surface area (Å²) in [4.78, 5) is 6.32. The summed E-state index contributed by atoms with van der Waals surface area (Å²) in [5.74, 6) is 0. The fourth-order valence-electron chi connectivity index (χ4n) is 2.12. The molecule has 4 nitrogen and oxygen atoms in total. The van der Waals surface area contributed by atoms with Crippen molar-refractivity contribution < 1.29 is 0 Å². The maximum atomic E-state index is 8.80. The minimum atomic E-state index is 0.489. The number of rotatable bonds is 6. The molecule has 5 heteroatoms. The number of nitrogens with zero attached hydrogens (tertiary/aromatic N) is 3. The van der Waals surface area contributed by atoms with Crippen LogP contribution in [0.25, 0.3) is 0 Å². The molecule has 2 rings (SSSR count). The first-order valence-corrected chi connectivity index (χ1v) is 7.09. The van der Waals surface area contributed by atoms with Gasteiger partial charge in [0.05, 0.1) is 16.8 Å². The first-order valence-electron chi connectivity index (χ1n) is 6.71. The molecule has 0 saturated carbocycles. The van der Waals surface area contributed by atoms with Crippen LogP contribution in [0.5, 0.6) is 0 Å². The number of aromatic nitrogens is 1. The molecule has 0 bridgehead atoms. The van der Waals surface area contributed by atoms with E-state index in [0.717, 1.165) is 24.2 Å². The summed E-state index contributed by atoms with van der Waals surface area (Å²) in [5, 5.41) is 9.37. The Morgan fingerprint density at radius 3 is 2.71 bits per heavy atom. The molecule has 0 saturated heterocycles. The lowest BCUT2D eigenvalue weighted by Crippen LogP contribution is -2.24. The SMILES string of the molecule is N#CCCN(Cc1cccnc1)Cc1ccc(Cl)c(N)c1. The van der Waals surface area contributed by atoms with Crippen molar-refractivity contribution in [2.75, 3.05) is 12.3 Å². The maximum Gasteiger partial charge on any atom is 0.0635 e. The van der Waals surface area contributed by atoms with E-state index < -0.39 is 0 Å². The highest BCUT2D eigenvalue weighted by Gasteiger charge is 2.08. The van der Waals surface area contributed by atoms with Gasteiger partial charge in [-0.3, -0.25) is 9.88 Å². The highest BCUT2D eigenvalue weighted by atomic mass is 35.5. The van der Waals surface area contributed by atoms with E-state index in [9.17, 15) is 0 Å². The molecule has 0 spiro atoms. The molecule has 0 atom stereocenters. The predicted octanol–water partition coefficient (Wildman–Crippen LogP) is 3.23. The van der Waals surface area contributed by atoms with Crippen molar-refractivity contribution in [3.8, 4) is 6.07 Å². The van der Waals surface area contributed by atoms with Gasteiger partial charge in [-0.1, -0.05) is 23.7 Å². The quantitative estimate of drug-likeness (QED) is 0.832. The Bertz CT molecular complexity index is 622. The first-order chi connectivity index (χ1) is 10.2. The van der Waals surface area contributed by atoms with Gasteiger partial charge in [0, 0.05) is 38.4 Å². The Balaban J connectivity index is 2.08. The molecule has 0 aliphatic rings. The van der Waals surface area contributed by atoms with E-state index in [4.69, 9.17) is 22.6 Å². The summed E-state index contributed by atoms with van der Waals surface area (Å²) in [7, 11) is 0. The summed E-state index contributed by atoms with van der Waals surface area (Å²) in [6, 6.07) is 11.8. The average Bonchev–Trinajstić information content (AvgIpc) is 2.49. The van der Waals surface area contributed by atoms with E-state index in [1.807, 2.05) is 30.5 Å². The lowest BCUT2D eigenvalue weighted by molar-refractivity contribution is 0.262. The molecule has 0 radical (unpaired) electrons. The zero-order valence-electron chi connectivity index (χ0n) is 11.7. The Morgan fingerprint density at radius 1 is 1.24 bits per heavy atom. The van der Waals surface area contributed by atoms with Crippen LogP contribution < -0.4 is 5.73 Å². The molecule has 21 heavy (non-hydrogen) atoms. The highest BCUT2D eigenvalue weighted by Crippen LogP contribution is 2.21. The van der Waals surface area contributed by atoms with Gasteiger partial charge in [0.1, 0.15) is 0 Å². The van der Waals surface area contributed by atoms with E-state index >= 15 is 0 Å². The predicted molar refractivity (Wildman–Crippen MR) is 84.4 cm³/mol. The normalized spacial score (nSPS) is 10.5. The number of nitrogens with two attached hydrogens (primary N) is 1. The van der Waals surface area contributed by atoms with E-state index in [2.05, 4.69) is 16.0 Å². The molecule has 2 aromatic rings. The van der Waals surface area contributed by atoms with Crippen molar-refractivity contribution in [3.63, 3.8) is 0 Å². The number of hydrogen-bond donors (Lipinski definition) is 1. The Hall–Kier alpha value is -2.09. The van der Waals surface area contributed by atoms with Crippen molar-refractivity contribution in [3.05, 3.63) is 58.9 Å². The van der Waals surface area contributed by atoms with Crippen molar-refractivity contribution in [1.82, 2.24) is 9.88 Å². The number of benzene rings is 1. The second kappa shape index (κ2) is 7.63. The summed E-state index contributed by atoms with van der Waals surface area (Å²) < 4.78 is 0. The van der Waals surface area contributed by atoms with E-state index in [-0.39, 0.29) is 0 Å². The number of halogens is 1. The van der Waals surface area contributed by atoms with E-state index in [0.29, 0.717) is 23.7 Å². The number of nitriles is 1. The van der Waals surface area contributed by atoms with Crippen LogP contribution in [-0.4, -0.2) is 16.4 Å². The van der Waals surface area contributed by atoms with E-state index in [1.165, 1.54) is 0 Å². The molecule has 0 amide bonds. The third kappa shape index (κ3) is 4.75. The zero-order chi connectivity index (χ0) is 15.1. The molecule has 2 N–H and O–H groups in total. The summed E-state index contributed by atoms with van der Waals surface area (Å²) in [6.07, 6.45) is 4.09. The Labute approximate surface area is 129 Å². The molecule has 108 valence electrons. The lowest BCUT2D eigenvalue weighted by Gasteiger charge is -2.21. The topological polar surface area (TPSA) is 65.9 Å². The van der Waals surface area contributed by atoms with Crippen LogP contribution in [0.1, 0.15) is 17.5 Å². The number of nitrogen functional groups attached to an aromatic ring is 1. The second-order valence-electron chi connectivity index (χ2n) is 4.84. The van der Waals surface area contributed by atoms with Gasteiger partial charge in [0.2, 0.25) is 0 Å². The molecule has 1 aromatic carbocycles. The summed E-state index contributed by atoms with van der Waals surface area (Å²) in [5.41, 5.74) is 8.62. The van der Waals surface area contributed by atoms with Gasteiger partial charge in [-0.25, -0.2) is 0 Å². The third-order valence-electron chi connectivity index (χ3n) is 3.14. The number of pyridine rings is 1. The van der Waals surface area contributed by atoms with Crippen LogP contribution in [0.2, 0.25) is 5.02 Å². The Morgan fingerprint density at radius 2 is 2.05 bits per heavy atom. The molecule has 0 aliphatic heterocycles. The number of anilines is 1. The largest absolute Gasteiger partial charge is 0.398 e. The van der Waals surface area contributed by atoms with Gasteiger partial charge in [0.25, 0.3) is 0 Å². The average molecular weight is 301 g/mol.